The van der Waals surface area contributed by atoms with Crippen LogP contribution >= 0.6 is 0 Å². The Labute approximate surface area is 129 Å². The summed E-state index contributed by atoms with van der Waals surface area (Å²) >= 11 is 0. The fourth-order valence-electron chi connectivity index (χ4n) is 2.88. The molecule has 6 heteroatoms. The molecule has 1 amide bonds. The van der Waals surface area contributed by atoms with Gasteiger partial charge in [0.05, 0.1) is 25.0 Å². The van der Waals surface area contributed by atoms with Gasteiger partial charge >= 0.3 is 0 Å². The SMILES string of the molecule is O=C(c1conc1C1CC1)N1CCOC(COCC2CC2)C1. The van der Waals surface area contributed by atoms with Gasteiger partial charge in [-0.3, -0.25) is 4.79 Å². The zero-order valence-electron chi connectivity index (χ0n) is 12.7. The maximum atomic E-state index is 12.7. The van der Waals surface area contributed by atoms with Crippen molar-refractivity contribution in [1.29, 1.82) is 0 Å². The van der Waals surface area contributed by atoms with Crippen molar-refractivity contribution in [3.63, 3.8) is 0 Å². The van der Waals surface area contributed by atoms with Gasteiger partial charge in [0.2, 0.25) is 0 Å². The van der Waals surface area contributed by atoms with Crippen molar-refractivity contribution in [1.82, 2.24) is 10.1 Å². The van der Waals surface area contributed by atoms with E-state index in [2.05, 4.69) is 5.16 Å². The van der Waals surface area contributed by atoms with Gasteiger partial charge in [-0.2, -0.15) is 0 Å². The number of nitrogens with zero attached hydrogens (tertiary/aromatic N) is 2. The van der Waals surface area contributed by atoms with Gasteiger partial charge in [-0.1, -0.05) is 5.16 Å². The molecule has 1 aliphatic heterocycles. The van der Waals surface area contributed by atoms with Gasteiger partial charge < -0.3 is 18.9 Å². The van der Waals surface area contributed by atoms with Gasteiger partial charge in [0.1, 0.15) is 11.8 Å². The van der Waals surface area contributed by atoms with Gasteiger partial charge in [0.15, 0.2) is 0 Å². The Morgan fingerprint density at radius 3 is 2.95 bits per heavy atom. The molecule has 2 aliphatic carbocycles. The van der Waals surface area contributed by atoms with Crippen LogP contribution in [0.4, 0.5) is 0 Å². The Hall–Kier alpha value is -1.40. The van der Waals surface area contributed by atoms with E-state index in [0.717, 1.165) is 31.1 Å². The van der Waals surface area contributed by atoms with Crippen LogP contribution < -0.4 is 0 Å². The highest BCUT2D eigenvalue weighted by Gasteiger charge is 2.34. The molecule has 4 rings (SSSR count). The van der Waals surface area contributed by atoms with Gasteiger partial charge in [-0.05, 0) is 31.6 Å². The minimum atomic E-state index is -0.0271. The Bertz CT molecular complexity index is 536. The fourth-order valence-corrected chi connectivity index (χ4v) is 2.88. The van der Waals surface area contributed by atoms with Crippen LogP contribution in [0.1, 0.15) is 47.7 Å². The molecule has 0 N–H and O–H groups in total. The van der Waals surface area contributed by atoms with E-state index < -0.39 is 0 Å². The zero-order valence-corrected chi connectivity index (χ0v) is 12.7. The molecule has 1 aromatic rings. The van der Waals surface area contributed by atoms with E-state index in [9.17, 15) is 4.79 Å². The lowest BCUT2D eigenvalue weighted by atomic mass is 10.1. The number of carbonyl (C=O) groups excluding carboxylic acids is 1. The van der Waals surface area contributed by atoms with Crippen LogP contribution in [-0.2, 0) is 9.47 Å². The first-order valence-electron chi connectivity index (χ1n) is 8.24. The largest absolute Gasteiger partial charge is 0.378 e. The van der Waals surface area contributed by atoms with E-state index in [0.29, 0.717) is 37.8 Å². The summed E-state index contributed by atoms with van der Waals surface area (Å²) in [6.07, 6.45) is 6.24. The van der Waals surface area contributed by atoms with E-state index >= 15 is 0 Å². The van der Waals surface area contributed by atoms with Gasteiger partial charge in [0, 0.05) is 25.6 Å². The molecule has 2 heterocycles. The number of hydrogen-bond donors (Lipinski definition) is 0. The molecule has 0 aromatic carbocycles. The summed E-state index contributed by atoms with van der Waals surface area (Å²) in [6.45, 7) is 3.16. The number of morpholine rings is 1. The molecule has 0 bridgehead atoms. The number of carbonyl (C=O) groups is 1. The number of rotatable bonds is 6. The van der Waals surface area contributed by atoms with Gasteiger partial charge in [0.25, 0.3) is 5.91 Å². The summed E-state index contributed by atoms with van der Waals surface area (Å²) < 4.78 is 16.4. The summed E-state index contributed by atoms with van der Waals surface area (Å²) in [4.78, 5) is 14.5. The van der Waals surface area contributed by atoms with Crippen LogP contribution in [0.2, 0.25) is 0 Å². The third-order valence-electron chi connectivity index (χ3n) is 4.57. The van der Waals surface area contributed by atoms with Crippen molar-refractivity contribution in [3.05, 3.63) is 17.5 Å². The minimum absolute atomic E-state index is 0.0126. The molecular formula is C16H22N2O4. The second-order valence-electron chi connectivity index (χ2n) is 6.61. The lowest BCUT2D eigenvalue weighted by molar-refractivity contribution is -0.0628. The van der Waals surface area contributed by atoms with Crippen molar-refractivity contribution in [2.24, 2.45) is 5.92 Å². The smallest absolute Gasteiger partial charge is 0.259 e. The predicted molar refractivity (Wildman–Crippen MR) is 77.7 cm³/mol. The quantitative estimate of drug-likeness (QED) is 0.802. The average molecular weight is 306 g/mol. The molecule has 1 saturated heterocycles. The molecule has 1 atom stereocenters. The molecule has 22 heavy (non-hydrogen) atoms. The van der Waals surface area contributed by atoms with Crippen molar-refractivity contribution in [2.45, 2.75) is 37.7 Å². The Kier molecular flexibility index (Phi) is 3.88. The van der Waals surface area contributed by atoms with Crippen molar-refractivity contribution >= 4 is 5.91 Å². The third-order valence-corrected chi connectivity index (χ3v) is 4.57. The molecule has 120 valence electrons. The van der Waals surface area contributed by atoms with Crippen LogP contribution in [0.5, 0.6) is 0 Å². The number of hydrogen-bond acceptors (Lipinski definition) is 5. The highest BCUT2D eigenvalue weighted by molar-refractivity contribution is 5.95. The molecule has 6 nitrogen and oxygen atoms in total. The number of ether oxygens (including phenoxy) is 2. The standard InChI is InChI=1S/C16H22N2O4/c19-16(14-10-22-17-15(14)12-3-4-12)18-5-6-21-13(7-18)9-20-8-11-1-2-11/h10-13H,1-9H2. The first kappa shape index (κ1) is 14.2. The maximum absolute atomic E-state index is 12.7. The highest BCUT2D eigenvalue weighted by atomic mass is 16.5. The van der Waals surface area contributed by atoms with Gasteiger partial charge in [-0.25, -0.2) is 0 Å². The average Bonchev–Trinajstić information content (AvgIpc) is 3.47. The van der Waals surface area contributed by atoms with Crippen LogP contribution in [0.25, 0.3) is 0 Å². The lowest BCUT2D eigenvalue weighted by Gasteiger charge is -2.32. The highest BCUT2D eigenvalue weighted by Crippen LogP contribution is 2.41. The lowest BCUT2D eigenvalue weighted by Crippen LogP contribution is -2.47. The molecule has 3 aliphatic rings. The third kappa shape index (κ3) is 3.17. The molecule has 0 spiro atoms. The summed E-state index contributed by atoms with van der Waals surface area (Å²) in [7, 11) is 0. The van der Waals surface area contributed by atoms with E-state index in [-0.39, 0.29) is 12.0 Å². The summed E-state index contributed by atoms with van der Waals surface area (Å²) in [5.74, 6) is 1.18. The summed E-state index contributed by atoms with van der Waals surface area (Å²) in [6, 6.07) is 0. The van der Waals surface area contributed by atoms with E-state index in [1.807, 2.05) is 4.90 Å². The van der Waals surface area contributed by atoms with Crippen LogP contribution in [0, 0.1) is 5.92 Å². The molecule has 2 saturated carbocycles. The molecule has 1 unspecified atom stereocenters. The van der Waals surface area contributed by atoms with Crippen molar-refractivity contribution in [2.75, 3.05) is 32.9 Å². The van der Waals surface area contributed by atoms with Crippen LogP contribution in [0.15, 0.2) is 10.8 Å². The Balaban J connectivity index is 1.34. The Morgan fingerprint density at radius 2 is 2.18 bits per heavy atom. The van der Waals surface area contributed by atoms with Crippen LogP contribution in [-0.4, -0.2) is 55.0 Å². The van der Waals surface area contributed by atoms with Gasteiger partial charge in [-0.15, -0.1) is 0 Å². The first-order valence-corrected chi connectivity index (χ1v) is 8.24. The number of amides is 1. The minimum Gasteiger partial charge on any atom is -0.378 e. The molecule has 1 aromatic heterocycles. The normalized spacial score (nSPS) is 25.5. The second kappa shape index (κ2) is 6.01. The fraction of sp³-hybridized carbons (Fsp3) is 0.750. The monoisotopic (exact) mass is 306 g/mol. The second-order valence-corrected chi connectivity index (χ2v) is 6.61. The maximum Gasteiger partial charge on any atom is 0.259 e. The zero-order chi connectivity index (χ0) is 14.9. The van der Waals surface area contributed by atoms with E-state index in [1.165, 1.54) is 19.1 Å². The molecule has 0 radical (unpaired) electrons. The Morgan fingerprint density at radius 1 is 1.32 bits per heavy atom. The van der Waals surface area contributed by atoms with Crippen LogP contribution in [0.3, 0.4) is 0 Å². The van der Waals surface area contributed by atoms with E-state index in [4.69, 9.17) is 14.0 Å². The predicted octanol–water partition coefficient (Wildman–Crippen LogP) is 1.82. The summed E-state index contributed by atoms with van der Waals surface area (Å²) in [5, 5.41) is 4.01. The molecular weight excluding hydrogens is 284 g/mol. The number of aromatic nitrogens is 1. The first-order chi connectivity index (χ1) is 10.8. The van der Waals surface area contributed by atoms with Crippen molar-refractivity contribution in [3.8, 4) is 0 Å². The van der Waals surface area contributed by atoms with E-state index in [1.54, 1.807) is 0 Å². The summed E-state index contributed by atoms with van der Waals surface area (Å²) in [5.41, 5.74) is 1.46. The van der Waals surface area contributed by atoms with Crippen molar-refractivity contribution < 1.29 is 18.8 Å². The topological polar surface area (TPSA) is 64.8 Å². The molecule has 3 fully saturated rings.